The highest BCUT2D eigenvalue weighted by atomic mass is 16.5. The Balaban J connectivity index is 1.87. The highest BCUT2D eigenvalue weighted by molar-refractivity contribution is 6.07. The van der Waals surface area contributed by atoms with Crippen LogP contribution in [0.2, 0.25) is 0 Å². The lowest BCUT2D eigenvalue weighted by molar-refractivity contribution is 0.0600. The number of carbonyl (C=O) groups is 2. The number of hydrogen-bond acceptors (Lipinski definition) is 6. The van der Waals surface area contributed by atoms with E-state index < -0.39 is 5.97 Å². The Morgan fingerprint density at radius 3 is 2.43 bits per heavy atom. The van der Waals surface area contributed by atoms with Crippen molar-refractivity contribution in [3.8, 4) is 5.75 Å². The number of anilines is 2. The summed E-state index contributed by atoms with van der Waals surface area (Å²) in [4.78, 5) is 29.6. The zero-order valence-corrected chi connectivity index (χ0v) is 17.8. The fourth-order valence-corrected chi connectivity index (χ4v) is 3.55. The third-order valence-electron chi connectivity index (χ3n) is 5.23. The Morgan fingerprint density at radius 1 is 1.00 bits per heavy atom. The van der Waals surface area contributed by atoms with Crippen molar-refractivity contribution in [2.24, 2.45) is 0 Å². The van der Waals surface area contributed by atoms with Crippen molar-refractivity contribution in [2.45, 2.75) is 13.8 Å². The van der Waals surface area contributed by atoms with Crippen LogP contribution in [-0.2, 0) is 4.74 Å². The van der Waals surface area contributed by atoms with Gasteiger partial charge in [0.15, 0.2) is 0 Å². The van der Waals surface area contributed by atoms with Crippen LogP contribution in [0.15, 0.2) is 42.5 Å². The molecule has 30 heavy (non-hydrogen) atoms. The SMILES string of the molecule is CCOc1cccc(C(=O)Nc2cc(C(=O)OC)ccc2N2CCN(CC)CC2)c1. The molecule has 160 valence electrons. The molecular weight excluding hydrogens is 382 g/mol. The molecule has 1 aliphatic rings. The maximum Gasteiger partial charge on any atom is 0.337 e. The summed E-state index contributed by atoms with van der Waals surface area (Å²) in [5, 5.41) is 2.98. The minimum atomic E-state index is -0.439. The van der Waals surface area contributed by atoms with E-state index in [-0.39, 0.29) is 5.91 Å². The lowest BCUT2D eigenvalue weighted by atomic mass is 10.1. The number of piperazine rings is 1. The molecule has 1 saturated heterocycles. The summed E-state index contributed by atoms with van der Waals surface area (Å²) in [6.45, 7) is 9.23. The molecule has 0 atom stereocenters. The van der Waals surface area contributed by atoms with Crippen molar-refractivity contribution >= 4 is 23.3 Å². The number of carbonyl (C=O) groups excluding carboxylic acids is 2. The first kappa shape index (κ1) is 21.6. The maximum absolute atomic E-state index is 12.9. The van der Waals surface area contributed by atoms with Crippen LogP contribution in [0.3, 0.4) is 0 Å². The number of amides is 1. The molecule has 1 N–H and O–H groups in total. The number of benzene rings is 2. The Morgan fingerprint density at radius 2 is 1.77 bits per heavy atom. The van der Waals surface area contributed by atoms with Crippen LogP contribution in [0.4, 0.5) is 11.4 Å². The minimum Gasteiger partial charge on any atom is -0.494 e. The lowest BCUT2D eigenvalue weighted by Gasteiger charge is -2.36. The van der Waals surface area contributed by atoms with E-state index in [9.17, 15) is 9.59 Å². The number of ether oxygens (including phenoxy) is 2. The largest absolute Gasteiger partial charge is 0.494 e. The van der Waals surface area contributed by atoms with Gasteiger partial charge in [-0.25, -0.2) is 4.79 Å². The van der Waals surface area contributed by atoms with Gasteiger partial charge in [0.05, 0.1) is 30.7 Å². The van der Waals surface area contributed by atoms with Crippen LogP contribution in [-0.4, -0.2) is 63.2 Å². The fraction of sp³-hybridized carbons (Fsp3) is 0.391. The average molecular weight is 412 g/mol. The van der Waals surface area contributed by atoms with Gasteiger partial charge in [-0.1, -0.05) is 13.0 Å². The van der Waals surface area contributed by atoms with E-state index in [1.807, 2.05) is 19.1 Å². The number of rotatable bonds is 7. The van der Waals surface area contributed by atoms with Crippen LogP contribution in [0.1, 0.15) is 34.6 Å². The fourth-order valence-electron chi connectivity index (χ4n) is 3.55. The smallest absolute Gasteiger partial charge is 0.337 e. The van der Waals surface area contributed by atoms with Crippen molar-refractivity contribution in [1.29, 1.82) is 0 Å². The average Bonchev–Trinajstić information content (AvgIpc) is 2.79. The molecule has 3 rings (SSSR count). The highest BCUT2D eigenvalue weighted by Crippen LogP contribution is 2.29. The first-order valence-corrected chi connectivity index (χ1v) is 10.3. The first-order valence-electron chi connectivity index (χ1n) is 10.3. The number of esters is 1. The highest BCUT2D eigenvalue weighted by Gasteiger charge is 2.21. The van der Waals surface area contributed by atoms with Crippen molar-refractivity contribution in [3.05, 3.63) is 53.6 Å². The molecule has 7 heteroatoms. The molecule has 7 nitrogen and oxygen atoms in total. The zero-order chi connectivity index (χ0) is 21.5. The summed E-state index contributed by atoms with van der Waals surface area (Å²) in [6.07, 6.45) is 0. The summed E-state index contributed by atoms with van der Waals surface area (Å²) in [6, 6.07) is 12.3. The summed E-state index contributed by atoms with van der Waals surface area (Å²) in [7, 11) is 1.34. The maximum atomic E-state index is 12.9. The quantitative estimate of drug-likeness (QED) is 0.705. The van der Waals surface area contributed by atoms with Crippen molar-refractivity contribution in [2.75, 3.05) is 56.7 Å². The van der Waals surface area contributed by atoms with Gasteiger partial charge in [0.1, 0.15) is 5.75 Å². The molecule has 2 aromatic rings. The van der Waals surface area contributed by atoms with Crippen LogP contribution < -0.4 is 15.0 Å². The molecule has 0 bridgehead atoms. The molecular formula is C23H29N3O4. The Hall–Kier alpha value is -3.06. The number of likely N-dealkylation sites (N-methyl/N-ethyl adjacent to an activating group) is 1. The Bertz CT molecular complexity index is 892. The van der Waals surface area contributed by atoms with Gasteiger partial charge in [-0.05, 0) is 49.9 Å². The molecule has 0 spiro atoms. The second-order valence-electron chi connectivity index (χ2n) is 7.06. The van der Waals surface area contributed by atoms with E-state index in [1.165, 1.54) is 7.11 Å². The van der Waals surface area contributed by atoms with E-state index in [2.05, 4.69) is 22.0 Å². The molecule has 1 aliphatic heterocycles. The second-order valence-corrected chi connectivity index (χ2v) is 7.06. The molecule has 0 saturated carbocycles. The monoisotopic (exact) mass is 411 g/mol. The molecule has 0 aromatic heterocycles. The normalized spacial score (nSPS) is 14.3. The van der Waals surface area contributed by atoms with Gasteiger partial charge in [-0.15, -0.1) is 0 Å². The molecule has 1 amide bonds. The van der Waals surface area contributed by atoms with Crippen LogP contribution in [0.25, 0.3) is 0 Å². The number of hydrogen-bond donors (Lipinski definition) is 1. The van der Waals surface area contributed by atoms with E-state index in [4.69, 9.17) is 9.47 Å². The summed E-state index contributed by atoms with van der Waals surface area (Å²) in [5.41, 5.74) is 2.38. The summed E-state index contributed by atoms with van der Waals surface area (Å²) < 4.78 is 10.3. The van der Waals surface area contributed by atoms with E-state index in [0.29, 0.717) is 29.2 Å². The van der Waals surface area contributed by atoms with E-state index in [0.717, 1.165) is 38.4 Å². The van der Waals surface area contributed by atoms with Crippen molar-refractivity contribution in [3.63, 3.8) is 0 Å². The van der Waals surface area contributed by atoms with Crippen LogP contribution >= 0.6 is 0 Å². The third kappa shape index (κ3) is 5.10. The second kappa shape index (κ2) is 10.1. The van der Waals surface area contributed by atoms with Gasteiger partial charge in [0.25, 0.3) is 5.91 Å². The zero-order valence-electron chi connectivity index (χ0n) is 17.8. The van der Waals surface area contributed by atoms with Gasteiger partial charge in [-0.2, -0.15) is 0 Å². The van der Waals surface area contributed by atoms with Crippen LogP contribution in [0.5, 0.6) is 5.75 Å². The van der Waals surface area contributed by atoms with Crippen molar-refractivity contribution < 1.29 is 19.1 Å². The van der Waals surface area contributed by atoms with Gasteiger partial charge in [-0.3, -0.25) is 4.79 Å². The van der Waals surface area contributed by atoms with Gasteiger partial charge in [0.2, 0.25) is 0 Å². The van der Waals surface area contributed by atoms with Crippen LogP contribution in [0, 0.1) is 0 Å². The molecule has 1 heterocycles. The number of methoxy groups -OCH3 is 1. The molecule has 1 fully saturated rings. The Labute approximate surface area is 177 Å². The Kier molecular flexibility index (Phi) is 7.30. The van der Waals surface area contributed by atoms with Gasteiger partial charge >= 0.3 is 5.97 Å². The molecule has 0 radical (unpaired) electrons. The molecule has 0 aliphatic carbocycles. The van der Waals surface area contributed by atoms with Gasteiger partial charge < -0.3 is 24.6 Å². The molecule has 2 aromatic carbocycles. The van der Waals surface area contributed by atoms with Crippen molar-refractivity contribution in [1.82, 2.24) is 4.90 Å². The lowest BCUT2D eigenvalue weighted by Crippen LogP contribution is -2.46. The first-order chi connectivity index (χ1) is 14.5. The standard InChI is InChI=1S/C23H29N3O4/c1-4-25-11-13-26(14-12-25)21-10-9-18(23(28)29-3)16-20(21)24-22(27)17-7-6-8-19(15-17)30-5-2/h6-10,15-16H,4-5,11-14H2,1-3H3,(H,24,27). The summed E-state index contributed by atoms with van der Waals surface area (Å²) >= 11 is 0. The predicted octanol–water partition coefficient (Wildman–Crippen LogP) is 3.27. The van der Waals surface area contributed by atoms with E-state index >= 15 is 0 Å². The molecule has 0 unspecified atom stereocenters. The van der Waals surface area contributed by atoms with E-state index in [1.54, 1.807) is 30.3 Å². The minimum absolute atomic E-state index is 0.257. The summed E-state index contributed by atoms with van der Waals surface area (Å²) in [5.74, 6) is -0.0532. The number of nitrogens with one attached hydrogen (secondary N) is 1. The number of nitrogens with zero attached hydrogens (tertiary/aromatic N) is 2. The third-order valence-corrected chi connectivity index (χ3v) is 5.23. The van der Waals surface area contributed by atoms with Gasteiger partial charge in [0, 0.05) is 31.7 Å². The topological polar surface area (TPSA) is 71.1 Å². The predicted molar refractivity (Wildman–Crippen MR) is 118 cm³/mol.